The molecule has 3 aromatic carbocycles. The third-order valence-corrected chi connectivity index (χ3v) is 4.80. The molecule has 0 aromatic heterocycles. The molecule has 27 heavy (non-hydrogen) atoms. The number of hydrogen-bond donors (Lipinski definition) is 2. The van der Waals surface area contributed by atoms with Gasteiger partial charge in [0, 0.05) is 29.6 Å². The Morgan fingerprint density at radius 3 is 2.33 bits per heavy atom. The summed E-state index contributed by atoms with van der Waals surface area (Å²) >= 11 is 0. The molecule has 1 heterocycles. The van der Waals surface area contributed by atoms with Crippen molar-refractivity contribution in [1.82, 2.24) is 0 Å². The van der Waals surface area contributed by atoms with Crippen LogP contribution in [0.3, 0.4) is 0 Å². The Hall–Kier alpha value is -3.55. The van der Waals surface area contributed by atoms with E-state index in [0.29, 0.717) is 5.56 Å². The molecule has 2 N–H and O–H groups in total. The highest BCUT2D eigenvalue weighted by Gasteiger charge is 2.29. The molecule has 3 aromatic rings. The molecule has 1 aliphatic heterocycles. The monoisotopic (exact) mass is 353 g/mol. The van der Waals surface area contributed by atoms with Crippen molar-refractivity contribution in [3.63, 3.8) is 0 Å². The van der Waals surface area contributed by atoms with E-state index >= 15 is 0 Å². The maximum atomic E-state index is 10.8. The Morgan fingerprint density at radius 1 is 0.963 bits per heavy atom. The zero-order valence-corrected chi connectivity index (χ0v) is 14.9. The lowest BCUT2D eigenvalue weighted by atomic mass is 9.98. The largest absolute Gasteiger partial charge is 0.369 e. The van der Waals surface area contributed by atoms with Gasteiger partial charge in [-0.15, -0.1) is 0 Å². The maximum absolute atomic E-state index is 10.8. The predicted molar refractivity (Wildman–Crippen MR) is 109 cm³/mol. The lowest BCUT2D eigenvalue weighted by molar-refractivity contribution is 0.266. The lowest BCUT2D eigenvalue weighted by Crippen LogP contribution is -2.22. The standard InChI is InChI=1S/C23H19N3O/c1-26(18-13-11-16(15-24)12-14-18)22(17-7-3-2-4-8-17)21-19-9-5-6-10-20(19)25-23(21)27/h2-14,23,25,27H,1H3/b22-21+. The van der Waals surface area contributed by atoms with E-state index in [1.165, 1.54) is 0 Å². The van der Waals surface area contributed by atoms with Gasteiger partial charge < -0.3 is 15.3 Å². The minimum Gasteiger partial charge on any atom is -0.369 e. The minimum atomic E-state index is -0.793. The molecule has 1 atom stereocenters. The van der Waals surface area contributed by atoms with E-state index in [9.17, 15) is 5.11 Å². The first kappa shape index (κ1) is 16.9. The molecule has 0 radical (unpaired) electrons. The second-order valence-electron chi connectivity index (χ2n) is 6.44. The number of aliphatic hydroxyl groups is 1. The molecule has 1 unspecified atom stereocenters. The van der Waals surface area contributed by atoms with Crippen LogP contribution in [0.25, 0.3) is 11.3 Å². The van der Waals surface area contributed by atoms with Crippen LogP contribution < -0.4 is 10.2 Å². The van der Waals surface area contributed by atoms with Gasteiger partial charge in [0.2, 0.25) is 0 Å². The quantitative estimate of drug-likeness (QED) is 0.737. The Bertz CT molecular complexity index is 1030. The molecule has 0 spiro atoms. The molecule has 4 nitrogen and oxygen atoms in total. The van der Waals surface area contributed by atoms with Gasteiger partial charge in [-0.05, 0) is 35.9 Å². The van der Waals surface area contributed by atoms with Crippen LogP contribution in [0.15, 0.2) is 78.9 Å². The molecule has 4 heteroatoms. The highest BCUT2D eigenvalue weighted by Crippen LogP contribution is 2.41. The van der Waals surface area contributed by atoms with Crippen molar-refractivity contribution in [1.29, 1.82) is 5.26 Å². The van der Waals surface area contributed by atoms with E-state index < -0.39 is 6.23 Å². The molecule has 4 rings (SSSR count). The van der Waals surface area contributed by atoms with Crippen LogP contribution in [0.1, 0.15) is 16.7 Å². The van der Waals surface area contributed by atoms with Gasteiger partial charge >= 0.3 is 0 Å². The molecule has 0 saturated heterocycles. The second kappa shape index (κ2) is 6.99. The Kier molecular flexibility index (Phi) is 4.37. The van der Waals surface area contributed by atoms with Crippen LogP contribution in [0.5, 0.6) is 0 Å². The SMILES string of the molecule is CN(/C(=C1\c2ccccc2NC1O)c1ccccc1)c1ccc(C#N)cc1. The van der Waals surface area contributed by atoms with Crippen LogP contribution in [0.4, 0.5) is 11.4 Å². The molecule has 132 valence electrons. The molecule has 0 bridgehead atoms. The number of para-hydroxylation sites is 1. The van der Waals surface area contributed by atoms with Gasteiger partial charge in [0.25, 0.3) is 0 Å². The van der Waals surface area contributed by atoms with E-state index in [4.69, 9.17) is 5.26 Å². The van der Waals surface area contributed by atoms with Crippen molar-refractivity contribution in [3.05, 3.63) is 95.6 Å². The van der Waals surface area contributed by atoms with E-state index in [1.54, 1.807) is 12.1 Å². The van der Waals surface area contributed by atoms with Crippen LogP contribution in [-0.4, -0.2) is 18.4 Å². The molecule has 0 saturated carbocycles. The molecule has 0 amide bonds. The van der Waals surface area contributed by atoms with Crippen LogP contribution in [0.2, 0.25) is 0 Å². The van der Waals surface area contributed by atoms with Crippen LogP contribution in [0, 0.1) is 11.3 Å². The van der Waals surface area contributed by atoms with Gasteiger partial charge in [-0.3, -0.25) is 0 Å². The fraction of sp³-hybridized carbons (Fsp3) is 0.0870. The van der Waals surface area contributed by atoms with Crippen LogP contribution >= 0.6 is 0 Å². The number of anilines is 2. The van der Waals surface area contributed by atoms with Crippen molar-refractivity contribution < 1.29 is 5.11 Å². The first-order valence-electron chi connectivity index (χ1n) is 8.76. The number of aliphatic hydroxyl groups excluding tert-OH is 1. The van der Waals surface area contributed by atoms with Gasteiger partial charge in [-0.25, -0.2) is 0 Å². The van der Waals surface area contributed by atoms with Gasteiger partial charge in [-0.2, -0.15) is 5.26 Å². The summed E-state index contributed by atoms with van der Waals surface area (Å²) in [4.78, 5) is 2.05. The zero-order chi connectivity index (χ0) is 18.8. The molecule has 0 fully saturated rings. The molecular formula is C23H19N3O. The smallest absolute Gasteiger partial charge is 0.153 e. The Balaban J connectivity index is 1.92. The highest BCUT2D eigenvalue weighted by atomic mass is 16.3. The summed E-state index contributed by atoms with van der Waals surface area (Å²) in [5.41, 5.74) is 6.24. The Morgan fingerprint density at radius 2 is 1.63 bits per heavy atom. The summed E-state index contributed by atoms with van der Waals surface area (Å²) in [5.74, 6) is 0. The third-order valence-electron chi connectivity index (χ3n) is 4.80. The van der Waals surface area contributed by atoms with Crippen molar-refractivity contribution in [2.24, 2.45) is 0 Å². The Labute approximate surface area is 158 Å². The van der Waals surface area contributed by atoms with Crippen molar-refractivity contribution >= 4 is 22.6 Å². The van der Waals surface area contributed by atoms with Crippen LogP contribution in [-0.2, 0) is 0 Å². The lowest BCUT2D eigenvalue weighted by Gasteiger charge is -2.26. The molecular weight excluding hydrogens is 334 g/mol. The van der Waals surface area contributed by atoms with Gasteiger partial charge in [-0.1, -0.05) is 48.5 Å². The number of hydrogen-bond acceptors (Lipinski definition) is 4. The van der Waals surface area contributed by atoms with Gasteiger partial charge in [0.1, 0.15) is 0 Å². The van der Waals surface area contributed by atoms with Gasteiger partial charge in [0.05, 0.1) is 17.3 Å². The minimum absolute atomic E-state index is 0.619. The van der Waals surface area contributed by atoms with Gasteiger partial charge in [0.15, 0.2) is 6.23 Å². The number of nitriles is 1. The summed E-state index contributed by atoms with van der Waals surface area (Å²) in [6.45, 7) is 0. The predicted octanol–water partition coefficient (Wildman–Crippen LogP) is 4.31. The summed E-state index contributed by atoms with van der Waals surface area (Å²) < 4.78 is 0. The third kappa shape index (κ3) is 3.05. The average Bonchev–Trinajstić information content (AvgIpc) is 3.05. The fourth-order valence-corrected chi connectivity index (χ4v) is 3.48. The summed E-state index contributed by atoms with van der Waals surface area (Å²) in [6.07, 6.45) is -0.793. The molecule has 0 aliphatic carbocycles. The topological polar surface area (TPSA) is 59.3 Å². The normalized spacial score (nSPS) is 16.9. The first-order valence-corrected chi connectivity index (χ1v) is 8.76. The summed E-state index contributed by atoms with van der Waals surface area (Å²) in [5, 5.41) is 23.0. The maximum Gasteiger partial charge on any atom is 0.153 e. The number of fused-ring (bicyclic) bond motifs is 1. The summed E-state index contributed by atoms with van der Waals surface area (Å²) in [6, 6.07) is 27.5. The number of rotatable bonds is 3. The first-order chi connectivity index (χ1) is 13.2. The average molecular weight is 353 g/mol. The van der Waals surface area contributed by atoms with Crippen molar-refractivity contribution in [3.8, 4) is 6.07 Å². The van der Waals surface area contributed by atoms with E-state index in [1.807, 2.05) is 73.8 Å². The fourth-order valence-electron chi connectivity index (χ4n) is 3.48. The highest BCUT2D eigenvalue weighted by molar-refractivity contribution is 6.03. The van der Waals surface area contributed by atoms with E-state index in [2.05, 4.69) is 16.3 Å². The van der Waals surface area contributed by atoms with Crippen molar-refractivity contribution in [2.75, 3.05) is 17.3 Å². The zero-order valence-electron chi connectivity index (χ0n) is 14.9. The van der Waals surface area contributed by atoms with E-state index in [-0.39, 0.29) is 0 Å². The number of benzene rings is 3. The van der Waals surface area contributed by atoms with Crippen molar-refractivity contribution in [2.45, 2.75) is 6.23 Å². The number of nitrogens with zero attached hydrogens (tertiary/aromatic N) is 2. The summed E-state index contributed by atoms with van der Waals surface area (Å²) in [7, 11) is 1.98. The second-order valence-corrected chi connectivity index (χ2v) is 6.44. The molecule has 1 aliphatic rings. The van der Waals surface area contributed by atoms with E-state index in [0.717, 1.165) is 33.8 Å². The number of nitrogens with one attached hydrogen (secondary N) is 1.